The zero-order valence-corrected chi connectivity index (χ0v) is 13.8. The Morgan fingerprint density at radius 3 is 2.53 bits per heavy atom. The summed E-state index contributed by atoms with van der Waals surface area (Å²) in [4.78, 5) is 5.13. The zero-order valence-electron chi connectivity index (χ0n) is 13.8. The molecule has 0 aromatic heterocycles. The van der Waals surface area contributed by atoms with Gasteiger partial charge in [-0.2, -0.15) is 0 Å². The van der Waals surface area contributed by atoms with Crippen molar-refractivity contribution in [1.82, 2.24) is 15.1 Å². The topological polar surface area (TPSA) is 18.5 Å². The van der Waals surface area contributed by atoms with E-state index in [0.717, 1.165) is 19.0 Å². The van der Waals surface area contributed by atoms with Crippen molar-refractivity contribution in [2.24, 2.45) is 11.3 Å². The average Bonchev–Trinajstić information content (AvgIpc) is 2.54. The van der Waals surface area contributed by atoms with Gasteiger partial charge in [0.25, 0.3) is 0 Å². The zero-order chi connectivity index (χ0) is 14.3. The summed E-state index contributed by atoms with van der Waals surface area (Å²) in [6.45, 7) is 17.8. The minimum atomic E-state index is 0.414. The summed E-state index contributed by atoms with van der Waals surface area (Å²) in [6, 6.07) is 0. The molecule has 1 rings (SSSR count). The molecule has 1 atom stereocenters. The third-order valence-electron chi connectivity index (χ3n) is 4.38. The molecule has 0 aromatic rings. The van der Waals surface area contributed by atoms with E-state index in [9.17, 15) is 0 Å². The molecular formula is C16H35N3. The second kappa shape index (κ2) is 8.23. The molecule has 1 heterocycles. The molecule has 0 spiro atoms. The monoisotopic (exact) mass is 269 g/mol. The summed E-state index contributed by atoms with van der Waals surface area (Å²) in [5, 5.41) is 3.65. The lowest BCUT2D eigenvalue weighted by Crippen LogP contribution is -2.43. The first-order chi connectivity index (χ1) is 8.95. The summed E-state index contributed by atoms with van der Waals surface area (Å²) < 4.78 is 0. The van der Waals surface area contributed by atoms with Crippen molar-refractivity contribution in [3.8, 4) is 0 Å². The van der Waals surface area contributed by atoms with E-state index in [1.165, 1.54) is 45.6 Å². The fourth-order valence-electron chi connectivity index (χ4n) is 2.75. The Bertz CT molecular complexity index is 242. The summed E-state index contributed by atoms with van der Waals surface area (Å²) in [7, 11) is 2.24. The van der Waals surface area contributed by atoms with Crippen molar-refractivity contribution in [3.63, 3.8) is 0 Å². The van der Waals surface area contributed by atoms with Gasteiger partial charge in [-0.1, -0.05) is 27.7 Å². The molecule has 0 amide bonds. The van der Waals surface area contributed by atoms with Gasteiger partial charge in [-0.25, -0.2) is 0 Å². The van der Waals surface area contributed by atoms with Crippen LogP contribution in [0.25, 0.3) is 0 Å². The number of nitrogens with zero attached hydrogens (tertiary/aromatic N) is 2. The van der Waals surface area contributed by atoms with Gasteiger partial charge in [0.2, 0.25) is 0 Å². The Morgan fingerprint density at radius 2 is 1.89 bits per heavy atom. The third-order valence-corrected chi connectivity index (χ3v) is 4.38. The molecule has 0 aromatic carbocycles. The SMILES string of the molecule is CCC(C)(CNCC(C)C)CN1CCCN(C)CC1. The lowest BCUT2D eigenvalue weighted by atomic mass is 9.86. The lowest BCUT2D eigenvalue weighted by molar-refractivity contribution is 0.158. The molecule has 3 nitrogen and oxygen atoms in total. The number of hydrogen-bond donors (Lipinski definition) is 1. The highest BCUT2D eigenvalue weighted by molar-refractivity contribution is 4.81. The molecule has 1 fully saturated rings. The molecule has 1 unspecified atom stereocenters. The molecule has 114 valence electrons. The summed E-state index contributed by atoms with van der Waals surface area (Å²) in [5.74, 6) is 0.743. The number of likely N-dealkylation sites (N-methyl/N-ethyl adjacent to an activating group) is 1. The molecule has 0 saturated carbocycles. The molecule has 0 aliphatic carbocycles. The highest BCUT2D eigenvalue weighted by atomic mass is 15.2. The first-order valence-corrected chi connectivity index (χ1v) is 8.07. The van der Waals surface area contributed by atoms with Crippen LogP contribution in [0.2, 0.25) is 0 Å². The van der Waals surface area contributed by atoms with Crippen LogP contribution in [0.15, 0.2) is 0 Å². The summed E-state index contributed by atoms with van der Waals surface area (Å²) >= 11 is 0. The van der Waals surface area contributed by atoms with Gasteiger partial charge in [0.05, 0.1) is 0 Å². The van der Waals surface area contributed by atoms with Crippen LogP contribution >= 0.6 is 0 Å². The standard InChI is InChI=1S/C16H35N3/c1-6-16(4,13-17-12-15(2)3)14-19-9-7-8-18(5)10-11-19/h15,17H,6-14H2,1-5H3. The molecule has 0 bridgehead atoms. The second-order valence-corrected chi connectivity index (χ2v) is 7.12. The van der Waals surface area contributed by atoms with Gasteiger partial charge in [-0.15, -0.1) is 0 Å². The maximum absolute atomic E-state index is 3.65. The maximum atomic E-state index is 3.65. The fraction of sp³-hybridized carbons (Fsp3) is 1.00. The van der Waals surface area contributed by atoms with Gasteiger partial charge < -0.3 is 15.1 Å². The fourth-order valence-corrected chi connectivity index (χ4v) is 2.75. The van der Waals surface area contributed by atoms with Crippen molar-refractivity contribution in [1.29, 1.82) is 0 Å². The van der Waals surface area contributed by atoms with Crippen molar-refractivity contribution in [3.05, 3.63) is 0 Å². The normalized spacial score (nSPS) is 22.4. The van der Waals surface area contributed by atoms with Crippen LogP contribution in [0.1, 0.15) is 40.5 Å². The van der Waals surface area contributed by atoms with Crippen LogP contribution in [0, 0.1) is 11.3 Å². The van der Waals surface area contributed by atoms with E-state index in [1.807, 2.05) is 0 Å². The van der Waals surface area contributed by atoms with E-state index in [1.54, 1.807) is 0 Å². The number of rotatable bonds is 7. The highest BCUT2D eigenvalue weighted by Gasteiger charge is 2.25. The third kappa shape index (κ3) is 6.73. The first kappa shape index (κ1) is 16.9. The van der Waals surface area contributed by atoms with E-state index >= 15 is 0 Å². The van der Waals surface area contributed by atoms with Crippen molar-refractivity contribution in [2.75, 3.05) is 52.9 Å². The largest absolute Gasteiger partial charge is 0.316 e. The van der Waals surface area contributed by atoms with Crippen LogP contribution in [0.3, 0.4) is 0 Å². The molecule has 1 saturated heterocycles. The lowest BCUT2D eigenvalue weighted by Gasteiger charge is -2.35. The number of nitrogens with one attached hydrogen (secondary N) is 1. The van der Waals surface area contributed by atoms with Gasteiger partial charge in [-0.3, -0.25) is 0 Å². The summed E-state index contributed by atoms with van der Waals surface area (Å²) in [6.07, 6.45) is 2.57. The predicted octanol–water partition coefficient (Wildman–Crippen LogP) is 2.29. The van der Waals surface area contributed by atoms with Crippen LogP contribution in [-0.2, 0) is 0 Å². The Balaban J connectivity index is 2.40. The molecule has 0 radical (unpaired) electrons. The van der Waals surface area contributed by atoms with Crippen LogP contribution < -0.4 is 5.32 Å². The first-order valence-electron chi connectivity index (χ1n) is 8.07. The van der Waals surface area contributed by atoms with Crippen molar-refractivity contribution < 1.29 is 0 Å². The maximum Gasteiger partial charge on any atom is 0.0109 e. The Hall–Kier alpha value is -0.120. The molecular weight excluding hydrogens is 234 g/mol. The molecule has 1 N–H and O–H groups in total. The van der Waals surface area contributed by atoms with E-state index in [4.69, 9.17) is 0 Å². The minimum absolute atomic E-state index is 0.414. The second-order valence-electron chi connectivity index (χ2n) is 7.12. The number of hydrogen-bond acceptors (Lipinski definition) is 3. The quantitative estimate of drug-likeness (QED) is 0.765. The van der Waals surface area contributed by atoms with Gasteiger partial charge in [0.1, 0.15) is 0 Å². The van der Waals surface area contributed by atoms with Gasteiger partial charge in [0.15, 0.2) is 0 Å². The highest BCUT2D eigenvalue weighted by Crippen LogP contribution is 2.22. The Kier molecular flexibility index (Phi) is 7.33. The van der Waals surface area contributed by atoms with E-state index in [-0.39, 0.29) is 0 Å². The summed E-state index contributed by atoms with van der Waals surface area (Å²) in [5.41, 5.74) is 0.414. The van der Waals surface area contributed by atoms with Gasteiger partial charge in [-0.05, 0) is 50.9 Å². The van der Waals surface area contributed by atoms with Crippen LogP contribution in [0.5, 0.6) is 0 Å². The smallest absolute Gasteiger partial charge is 0.0109 e. The Morgan fingerprint density at radius 1 is 1.16 bits per heavy atom. The molecule has 3 heteroatoms. The van der Waals surface area contributed by atoms with Gasteiger partial charge in [0, 0.05) is 26.2 Å². The van der Waals surface area contributed by atoms with Crippen LogP contribution in [0.4, 0.5) is 0 Å². The van der Waals surface area contributed by atoms with E-state index in [2.05, 4.69) is 49.9 Å². The van der Waals surface area contributed by atoms with Crippen molar-refractivity contribution >= 4 is 0 Å². The predicted molar refractivity (Wildman–Crippen MR) is 84.7 cm³/mol. The van der Waals surface area contributed by atoms with Gasteiger partial charge >= 0.3 is 0 Å². The van der Waals surface area contributed by atoms with Crippen molar-refractivity contribution in [2.45, 2.75) is 40.5 Å². The molecule has 19 heavy (non-hydrogen) atoms. The average molecular weight is 269 g/mol. The molecule has 1 aliphatic heterocycles. The van der Waals surface area contributed by atoms with E-state index < -0.39 is 0 Å². The van der Waals surface area contributed by atoms with Crippen LogP contribution in [-0.4, -0.2) is 62.7 Å². The Labute approximate surface area is 120 Å². The minimum Gasteiger partial charge on any atom is -0.316 e. The molecule has 1 aliphatic rings. The van der Waals surface area contributed by atoms with E-state index in [0.29, 0.717) is 5.41 Å².